The van der Waals surface area contributed by atoms with Gasteiger partial charge in [0.05, 0.1) is 12.7 Å². The van der Waals surface area contributed by atoms with Crippen molar-refractivity contribution in [1.82, 2.24) is 5.32 Å². The first-order valence-electron chi connectivity index (χ1n) is 8.47. The summed E-state index contributed by atoms with van der Waals surface area (Å²) in [5, 5.41) is 13.5. The van der Waals surface area contributed by atoms with Crippen LogP contribution in [-0.2, 0) is 4.74 Å². The summed E-state index contributed by atoms with van der Waals surface area (Å²) in [6.07, 6.45) is 5.50. The molecule has 3 unspecified atom stereocenters. The normalized spacial score (nSPS) is 26.3. The monoisotopic (exact) mass is 307 g/mol. The van der Waals surface area contributed by atoms with Crippen LogP contribution >= 0.6 is 0 Å². The fraction of sp³-hybridized carbons (Fsp3) is 0.667. The Bertz CT molecular complexity index is 461. The van der Waals surface area contributed by atoms with Gasteiger partial charge in [-0.25, -0.2) is 4.39 Å². The summed E-state index contributed by atoms with van der Waals surface area (Å²) in [4.78, 5) is 0. The fourth-order valence-corrected chi connectivity index (χ4v) is 3.31. The summed E-state index contributed by atoms with van der Waals surface area (Å²) < 4.78 is 18.6. The van der Waals surface area contributed by atoms with Crippen molar-refractivity contribution in [2.45, 2.75) is 50.2 Å². The Kier molecular flexibility index (Phi) is 5.45. The van der Waals surface area contributed by atoms with E-state index in [1.165, 1.54) is 37.0 Å². The van der Waals surface area contributed by atoms with Crippen molar-refractivity contribution < 1.29 is 14.2 Å². The molecule has 1 aromatic rings. The zero-order chi connectivity index (χ0) is 15.4. The third-order valence-electron chi connectivity index (χ3n) is 4.79. The Morgan fingerprint density at radius 1 is 1.18 bits per heavy atom. The van der Waals surface area contributed by atoms with Gasteiger partial charge in [-0.15, -0.1) is 0 Å². The molecule has 4 heteroatoms. The molecule has 3 atom stereocenters. The number of rotatable bonds is 8. The lowest BCUT2D eigenvalue weighted by atomic mass is 9.94. The van der Waals surface area contributed by atoms with E-state index in [1.54, 1.807) is 0 Å². The zero-order valence-electron chi connectivity index (χ0n) is 13.0. The van der Waals surface area contributed by atoms with Crippen LogP contribution in [0.4, 0.5) is 4.39 Å². The van der Waals surface area contributed by atoms with Crippen molar-refractivity contribution in [3.8, 4) is 0 Å². The van der Waals surface area contributed by atoms with Crippen molar-refractivity contribution in [2.75, 3.05) is 19.8 Å². The maximum atomic E-state index is 13.0. The molecule has 0 aliphatic heterocycles. The van der Waals surface area contributed by atoms with E-state index in [4.69, 9.17) is 4.74 Å². The summed E-state index contributed by atoms with van der Waals surface area (Å²) in [6.45, 7) is 1.77. The first kappa shape index (κ1) is 15.9. The molecule has 2 fully saturated rings. The molecule has 2 aliphatic carbocycles. The summed E-state index contributed by atoms with van der Waals surface area (Å²) in [5.41, 5.74) is 1.19. The number of nitrogens with one attached hydrogen (secondary N) is 1. The Hall–Kier alpha value is -0.970. The third kappa shape index (κ3) is 4.51. The smallest absolute Gasteiger partial charge is 0.123 e. The Labute approximate surface area is 131 Å². The number of benzene rings is 1. The van der Waals surface area contributed by atoms with Crippen molar-refractivity contribution in [2.24, 2.45) is 5.92 Å². The number of hydrogen-bond donors (Lipinski definition) is 2. The molecule has 0 saturated heterocycles. The quantitative estimate of drug-likeness (QED) is 0.776. The average molecular weight is 307 g/mol. The molecular weight excluding hydrogens is 281 g/mol. The van der Waals surface area contributed by atoms with Crippen LogP contribution in [0.1, 0.15) is 43.6 Å². The maximum Gasteiger partial charge on any atom is 0.123 e. The van der Waals surface area contributed by atoms with Crippen LogP contribution in [0.3, 0.4) is 0 Å². The summed E-state index contributed by atoms with van der Waals surface area (Å²) in [5.74, 6) is 0.965. The molecule has 0 aromatic heterocycles. The molecule has 22 heavy (non-hydrogen) atoms. The van der Waals surface area contributed by atoms with Gasteiger partial charge in [0.25, 0.3) is 0 Å². The van der Waals surface area contributed by atoms with Crippen LogP contribution in [0.15, 0.2) is 24.3 Å². The molecule has 2 aliphatic rings. The highest BCUT2D eigenvalue weighted by molar-refractivity contribution is 5.23. The van der Waals surface area contributed by atoms with Crippen LogP contribution in [0.25, 0.3) is 0 Å². The number of halogens is 1. The highest BCUT2D eigenvalue weighted by Gasteiger charge is 2.28. The largest absolute Gasteiger partial charge is 0.389 e. The molecule has 0 heterocycles. The molecule has 3 nitrogen and oxygen atoms in total. The summed E-state index contributed by atoms with van der Waals surface area (Å²) in [7, 11) is 0. The van der Waals surface area contributed by atoms with Crippen molar-refractivity contribution in [3.05, 3.63) is 35.6 Å². The molecule has 2 N–H and O–H groups in total. The standard InChI is InChI=1S/C18H26FNO2/c19-15-8-6-14(7-9-15)17-2-1-3-18(17)20-10-16(21)12-22-11-13-4-5-13/h6-9,13,16-18,20-21H,1-5,10-12H2. The van der Waals surface area contributed by atoms with Crippen molar-refractivity contribution >= 4 is 0 Å². The zero-order valence-corrected chi connectivity index (χ0v) is 13.0. The van der Waals surface area contributed by atoms with E-state index >= 15 is 0 Å². The van der Waals surface area contributed by atoms with Crippen molar-refractivity contribution in [1.29, 1.82) is 0 Å². The minimum Gasteiger partial charge on any atom is -0.389 e. The minimum absolute atomic E-state index is 0.186. The number of aliphatic hydroxyl groups is 1. The lowest BCUT2D eigenvalue weighted by Crippen LogP contribution is -2.38. The predicted octanol–water partition coefficient (Wildman–Crippen LogP) is 2.84. The molecule has 3 rings (SSSR count). The first-order valence-corrected chi connectivity index (χ1v) is 8.47. The minimum atomic E-state index is -0.451. The molecule has 1 aromatic carbocycles. The third-order valence-corrected chi connectivity index (χ3v) is 4.79. The highest BCUT2D eigenvalue weighted by Crippen LogP contribution is 2.34. The average Bonchev–Trinajstić information content (AvgIpc) is 3.22. The lowest BCUT2D eigenvalue weighted by Gasteiger charge is -2.23. The van der Waals surface area contributed by atoms with Crippen LogP contribution < -0.4 is 5.32 Å². The van der Waals surface area contributed by atoms with Crippen LogP contribution in [0.5, 0.6) is 0 Å². The molecule has 0 bridgehead atoms. The number of ether oxygens (including phenoxy) is 1. The Morgan fingerprint density at radius 2 is 1.95 bits per heavy atom. The van der Waals surface area contributed by atoms with Gasteiger partial charge in [-0.1, -0.05) is 18.6 Å². The van der Waals surface area contributed by atoms with E-state index < -0.39 is 6.10 Å². The van der Waals surface area contributed by atoms with E-state index in [0.717, 1.165) is 25.4 Å². The van der Waals surface area contributed by atoms with Gasteiger partial charge in [0.15, 0.2) is 0 Å². The molecule has 0 radical (unpaired) electrons. The van der Waals surface area contributed by atoms with Gasteiger partial charge in [0.2, 0.25) is 0 Å². The Morgan fingerprint density at radius 3 is 2.68 bits per heavy atom. The number of aliphatic hydroxyl groups excluding tert-OH is 1. The van der Waals surface area contributed by atoms with Gasteiger partial charge >= 0.3 is 0 Å². The van der Waals surface area contributed by atoms with Gasteiger partial charge in [-0.2, -0.15) is 0 Å². The van der Waals surface area contributed by atoms with Crippen LogP contribution in [-0.4, -0.2) is 37.0 Å². The van der Waals surface area contributed by atoms with Crippen molar-refractivity contribution in [3.63, 3.8) is 0 Å². The molecule has 0 amide bonds. The van der Waals surface area contributed by atoms with Gasteiger partial charge in [-0.3, -0.25) is 0 Å². The molecule has 2 saturated carbocycles. The molecule has 122 valence electrons. The number of hydrogen-bond acceptors (Lipinski definition) is 3. The summed E-state index contributed by atoms with van der Waals surface area (Å²) >= 11 is 0. The van der Waals surface area contributed by atoms with E-state index in [1.807, 2.05) is 12.1 Å². The highest BCUT2D eigenvalue weighted by atomic mass is 19.1. The van der Waals surface area contributed by atoms with Gasteiger partial charge < -0.3 is 15.2 Å². The lowest BCUT2D eigenvalue weighted by molar-refractivity contribution is 0.0311. The van der Waals surface area contributed by atoms with E-state index in [0.29, 0.717) is 25.1 Å². The van der Waals surface area contributed by atoms with E-state index in [-0.39, 0.29) is 5.82 Å². The van der Waals surface area contributed by atoms with Crippen LogP contribution in [0.2, 0.25) is 0 Å². The first-order chi connectivity index (χ1) is 10.7. The molecule has 0 spiro atoms. The SMILES string of the molecule is OC(CNC1CCCC1c1ccc(F)cc1)COCC1CC1. The second kappa shape index (κ2) is 7.53. The maximum absolute atomic E-state index is 13.0. The van der Waals surface area contributed by atoms with Gasteiger partial charge in [0, 0.05) is 19.2 Å². The van der Waals surface area contributed by atoms with E-state index in [2.05, 4.69) is 5.32 Å². The van der Waals surface area contributed by atoms with Crippen LogP contribution in [0, 0.1) is 11.7 Å². The van der Waals surface area contributed by atoms with Gasteiger partial charge in [-0.05, 0) is 55.2 Å². The Balaban J connectivity index is 1.43. The predicted molar refractivity (Wildman–Crippen MR) is 84.3 cm³/mol. The fourth-order valence-electron chi connectivity index (χ4n) is 3.31. The second-order valence-electron chi connectivity index (χ2n) is 6.74. The summed E-state index contributed by atoms with van der Waals surface area (Å²) in [6, 6.07) is 7.20. The van der Waals surface area contributed by atoms with Gasteiger partial charge in [0.1, 0.15) is 5.82 Å². The topological polar surface area (TPSA) is 41.5 Å². The van der Waals surface area contributed by atoms with E-state index in [9.17, 15) is 9.50 Å². The second-order valence-corrected chi connectivity index (χ2v) is 6.74. The molecular formula is C18H26FNO2.